The first-order valence-corrected chi connectivity index (χ1v) is 8.62. The zero-order valence-electron chi connectivity index (χ0n) is 14.5. The summed E-state index contributed by atoms with van der Waals surface area (Å²) in [5.41, 5.74) is -0.447. The molecule has 22 heavy (non-hydrogen) atoms. The molecule has 3 atom stereocenters. The molecule has 5 nitrogen and oxygen atoms in total. The Morgan fingerprint density at radius 1 is 1.32 bits per heavy atom. The maximum absolute atomic E-state index is 11.8. The van der Waals surface area contributed by atoms with Crippen LogP contribution in [-0.4, -0.2) is 43.0 Å². The summed E-state index contributed by atoms with van der Waals surface area (Å²) in [5.74, 6) is 0.484. The van der Waals surface area contributed by atoms with Crippen molar-refractivity contribution in [2.24, 2.45) is 5.92 Å². The van der Waals surface area contributed by atoms with Crippen molar-refractivity contribution in [3.05, 3.63) is 0 Å². The molecule has 0 aromatic heterocycles. The van der Waals surface area contributed by atoms with Gasteiger partial charge in [-0.15, -0.1) is 0 Å². The second kappa shape index (κ2) is 7.18. The summed E-state index contributed by atoms with van der Waals surface area (Å²) in [6, 6.07) is 0.468. The van der Waals surface area contributed by atoms with Gasteiger partial charge in [0.25, 0.3) is 0 Å². The molecule has 5 heteroatoms. The van der Waals surface area contributed by atoms with Crippen molar-refractivity contribution in [3.8, 4) is 0 Å². The Morgan fingerprint density at radius 2 is 2.09 bits per heavy atom. The van der Waals surface area contributed by atoms with Crippen LogP contribution >= 0.6 is 0 Å². The SMILES string of the molecule is CC(C)(C)OC(=O)NCC1CCCC1NCC1(C)CCCO1. The van der Waals surface area contributed by atoms with Crippen LogP contribution in [0.3, 0.4) is 0 Å². The van der Waals surface area contributed by atoms with Gasteiger partial charge in [0.1, 0.15) is 5.60 Å². The molecule has 0 bridgehead atoms. The number of amides is 1. The number of alkyl carbamates (subject to hydrolysis) is 1. The van der Waals surface area contributed by atoms with E-state index in [0.29, 0.717) is 18.5 Å². The Bertz CT molecular complexity index is 373. The number of ether oxygens (including phenoxy) is 2. The average molecular weight is 312 g/mol. The highest BCUT2D eigenvalue weighted by Crippen LogP contribution is 2.28. The van der Waals surface area contributed by atoms with Gasteiger partial charge >= 0.3 is 6.09 Å². The third-order valence-electron chi connectivity index (χ3n) is 4.61. The fourth-order valence-electron chi connectivity index (χ4n) is 3.40. The molecule has 2 aliphatic rings. The highest BCUT2D eigenvalue weighted by atomic mass is 16.6. The quantitative estimate of drug-likeness (QED) is 0.819. The Balaban J connectivity index is 1.72. The van der Waals surface area contributed by atoms with Gasteiger partial charge < -0.3 is 20.1 Å². The first-order chi connectivity index (χ1) is 10.3. The van der Waals surface area contributed by atoms with E-state index in [1.807, 2.05) is 20.8 Å². The van der Waals surface area contributed by atoms with Crippen molar-refractivity contribution in [1.82, 2.24) is 10.6 Å². The molecule has 0 aromatic rings. The van der Waals surface area contributed by atoms with Crippen molar-refractivity contribution in [1.29, 1.82) is 0 Å². The number of hydrogen-bond donors (Lipinski definition) is 2. The number of rotatable bonds is 5. The van der Waals surface area contributed by atoms with Crippen LogP contribution < -0.4 is 10.6 Å². The molecular weight excluding hydrogens is 280 g/mol. The maximum atomic E-state index is 11.8. The molecule has 0 aromatic carbocycles. The smallest absolute Gasteiger partial charge is 0.407 e. The number of nitrogens with one attached hydrogen (secondary N) is 2. The topological polar surface area (TPSA) is 59.6 Å². The van der Waals surface area contributed by atoms with E-state index < -0.39 is 5.60 Å². The fraction of sp³-hybridized carbons (Fsp3) is 0.941. The molecule has 0 radical (unpaired) electrons. The van der Waals surface area contributed by atoms with E-state index in [0.717, 1.165) is 32.4 Å². The maximum Gasteiger partial charge on any atom is 0.407 e. The standard InChI is InChI=1S/C17H32N2O3/c1-16(2,3)22-15(20)18-11-13-7-5-8-14(13)19-12-17(4)9-6-10-21-17/h13-14,19H,5-12H2,1-4H3,(H,18,20). The van der Waals surface area contributed by atoms with E-state index in [4.69, 9.17) is 9.47 Å². The van der Waals surface area contributed by atoms with Crippen LogP contribution in [0, 0.1) is 5.92 Å². The molecule has 2 N–H and O–H groups in total. The van der Waals surface area contributed by atoms with Crippen LogP contribution in [0.1, 0.15) is 59.8 Å². The lowest BCUT2D eigenvalue weighted by Gasteiger charge is -2.28. The summed E-state index contributed by atoms with van der Waals surface area (Å²) in [7, 11) is 0. The van der Waals surface area contributed by atoms with Gasteiger partial charge in [-0.1, -0.05) is 6.42 Å². The molecule has 2 fully saturated rings. The molecule has 2 rings (SSSR count). The average Bonchev–Trinajstić information content (AvgIpc) is 3.01. The van der Waals surface area contributed by atoms with Crippen LogP contribution in [-0.2, 0) is 9.47 Å². The van der Waals surface area contributed by atoms with Gasteiger partial charge in [0.2, 0.25) is 0 Å². The highest BCUT2D eigenvalue weighted by molar-refractivity contribution is 5.67. The largest absolute Gasteiger partial charge is 0.444 e. The number of carbonyl (C=O) groups excluding carboxylic acids is 1. The van der Waals surface area contributed by atoms with Gasteiger partial charge in [-0.05, 0) is 59.3 Å². The van der Waals surface area contributed by atoms with Crippen LogP contribution in [0.15, 0.2) is 0 Å². The first-order valence-electron chi connectivity index (χ1n) is 8.62. The van der Waals surface area contributed by atoms with Gasteiger partial charge in [-0.3, -0.25) is 0 Å². The van der Waals surface area contributed by atoms with Gasteiger partial charge in [0.15, 0.2) is 0 Å². The predicted molar refractivity (Wildman–Crippen MR) is 87.0 cm³/mol. The minimum atomic E-state index is -0.439. The molecule has 0 spiro atoms. The van der Waals surface area contributed by atoms with E-state index in [1.165, 1.54) is 12.8 Å². The van der Waals surface area contributed by atoms with E-state index in [-0.39, 0.29) is 11.7 Å². The lowest BCUT2D eigenvalue weighted by molar-refractivity contribution is 0.0175. The Hall–Kier alpha value is -0.810. The zero-order valence-corrected chi connectivity index (χ0v) is 14.5. The third-order valence-corrected chi connectivity index (χ3v) is 4.61. The van der Waals surface area contributed by atoms with E-state index >= 15 is 0 Å². The Kier molecular flexibility index (Phi) is 5.72. The molecule has 1 aliphatic carbocycles. The molecule has 1 saturated heterocycles. The summed E-state index contributed by atoms with van der Waals surface area (Å²) in [4.78, 5) is 11.8. The monoisotopic (exact) mass is 312 g/mol. The Labute approximate surface area is 134 Å². The van der Waals surface area contributed by atoms with Crippen LogP contribution in [0.2, 0.25) is 0 Å². The van der Waals surface area contributed by atoms with Gasteiger partial charge in [-0.2, -0.15) is 0 Å². The number of hydrogen-bond acceptors (Lipinski definition) is 4. The molecule has 128 valence electrons. The predicted octanol–water partition coefficient (Wildman–Crippen LogP) is 2.84. The van der Waals surface area contributed by atoms with Crippen molar-refractivity contribution in [2.75, 3.05) is 19.7 Å². The Morgan fingerprint density at radius 3 is 2.73 bits per heavy atom. The lowest BCUT2D eigenvalue weighted by atomic mass is 9.99. The molecule has 1 saturated carbocycles. The second-order valence-electron chi connectivity index (χ2n) is 7.96. The van der Waals surface area contributed by atoms with E-state index in [9.17, 15) is 4.79 Å². The van der Waals surface area contributed by atoms with E-state index in [1.54, 1.807) is 0 Å². The molecule has 3 unspecified atom stereocenters. The molecule has 1 aliphatic heterocycles. The molecular formula is C17H32N2O3. The van der Waals surface area contributed by atoms with E-state index in [2.05, 4.69) is 17.6 Å². The van der Waals surface area contributed by atoms with Crippen LogP contribution in [0.5, 0.6) is 0 Å². The molecule has 1 heterocycles. The number of carbonyl (C=O) groups is 1. The molecule has 1 amide bonds. The fourth-order valence-corrected chi connectivity index (χ4v) is 3.40. The first kappa shape index (κ1) is 17.5. The van der Waals surface area contributed by atoms with Crippen molar-refractivity contribution >= 4 is 6.09 Å². The second-order valence-corrected chi connectivity index (χ2v) is 7.96. The summed E-state index contributed by atoms with van der Waals surface area (Å²) in [6.45, 7) is 10.3. The zero-order chi connectivity index (χ0) is 16.2. The van der Waals surface area contributed by atoms with Crippen molar-refractivity contribution < 1.29 is 14.3 Å². The summed E-state index contributed by atoms with van der Waals surface area (Å²) >= 11 is 0. The van der Waals surface area contributed by atoms with Gasteiger partial charge in [0.05, 0.1) is 5.60 Å². The van der Waals surface area contributed by atoms with Crippen LogP contribution in [0.4, 0.5) is 4.79 Å². The normalized spacial score (nSPS) is 32.2. The minimum absolute atomic E-state index is 0.00820. The summed E-state index contributed by atoms with van der Waals surface area (Å²) in [6.07, 6.45) is 5.53. The lowest BCUT2D eigenvalue weighted by Crippen LogP contribution is -2.46. The van der Waals surface area contributed by atoms with Gasteiger partial charge in [-0.25, -0.2) is 4.79 Å². The summed E-state index contributed by atoms with van der Waals surface area (Å²) < 4.78 is 11.1. The third kappa shape index (κ3) is 5.43. The highest BCUT2D eigenvalue weighted by Gasteiger charge is 2.33. The summed E-state index contributed by atoms with van der Waals surface area (Å²) in [5, 5.41) is 6.59. The van der Waals surface area contributed by atoms with Crippen molar-refractivity contribution in [2.45, 2.75) is 77.0 Å². The van der Waals surface area contributed by atoms with Crippen LogP contribution in [0.25, 0.3) is 0 Å². The van der Waals surface area contributed by atoms with Crippen molar-refractivity contribution in [3.63, 3.8) is 0 Å². The minimum Gasteiger partial charge on any atom is -0.444 e. The van der Waals surface area contributed by atoms with Gasteiger partial charge in [0, 0.05) is 25.7 Å².